The number of benzene rings is 2. The quantitative estimate of drug-likeness (QED) is 0.261. The van der Waals surface area contributed by atoms with Crippen molar-refractivity contribution in [3.05, 3.63) is 70.5 Å². The zero-order valence-corrected chi connectivity index (χ0v) is 24.5. The van der Waals surface area contributed by atoms with E-state index in [0.717, 1.165) is 36.1 Å². The summed E-state index contributed by atoms with van der Waals surface area (Å²) < 4.78 is 7.77. The van der Waals surface area contributed by atoms with Gasteiger partial charge >= 0.3 is 0 Å². The Labute approximate surface area is 235 Å². The highest BCUT2D eigenvalue weighted by Gasteiger charge is 2.28. The van der Waals surface area contributed by atoms with E-state index in [1.165, 1.54) is 44.5 Å². The molecule has 0 aliphatic carbocycles. The zero-order valence-electron chi connectivity index (χ0n) is 23.7. The first-order valence-corrected chi connectivity index (χ1v) is 13.3. The third kappa shape index (κ3) is 6.72. The zero-order chi connectivity index (χ0) is 28.9. The topological polar surface area (TPSA) is 87.8 Å². The lowest BCUT2D eigenvalue weighted by molar-refractivity contribution is -0.122. The minimum atomic E-state index is -0.500. The molecule has 0 atom stereocenters. The number of anilines is 2. The molecule has 208 valence electrons. The molecule has 5 rings (SSSR count). The average molecular weight is 552 g/mol. The monoisotopic (exact) mass is 551 g/mol. The molecule has 0 fully saturated rings. The Morgan fingerprint density at radius 1 is 1.10 bits per heavy atom. The Morgan fingerprint density at radius 3 is 2.23 bits per heavy atom. The van der Waals surface area contributed by atoms with E-state index >= 15 is 0 Å². The van der Waals surface area contributed by atoms with Crippen molar-refractivity contribution in [1.29, 1.82) is 0 Å². The van der Waals surface area contributed by atoms with Crippen molar-refractivity contribution in [1.82, 2.24) is 9.55 Å². The Hall–Kier alpha value is -3.55. The van der Waals surface area contributed by atoms with Crippen molar-refractivity contribution < 1.29 is 19.7 Å². The molecular weight excluding hydrogens is 514 g/mol. The van der Waals surface area contributed by atoms with Crippen LogP contribution in [-0.4, -0.2) is 45.5 Å². The van der Waals surface area contributed by atoms with E-state index in [9.17, 15) is 0 Å². The van der Waals surface area contributed by atoms with Crippen LogP contribution in [0.5, 0.6) is 5.75 Å². The SMILES string of the molecule is CC(C)(C)O.CCc1c(C)c2c3c(cc(C)n3CCN2c2ccc(OC)cn2)c1-c1ccc(Cl)cc1.O=CO. The van der Waals surface area contributed by atoms with Gasteiger partial charge in [-0.25, -0.2) is 4.98 Å². The van der Waals surface area contributed by atoms with Gasteiger partial charge in [0.1, 0.15) is 11.6 Å². The van der Waals surface area contributed by atoms with Gasteiger partial charge in [-0.3, -0.25) is 4.79 Å². The van der Waals surface area contributed by atoms with Crippen molar-refractivity contribution in [2.24, 2.45) is 0 Å². The van der Waals surface area contributed by atoms with Gasteiger partial charge in [0, 0.05) is 29.2 Å². The first kappa shape index (κ1) is 30.0. The second-order valence-electron chi connectivity index (χ2n) is 10.4. The molecule has 0 saturated carbocycles. The summed E-state index contributed by atoms with van der Waals surface area (Å²) in [6.45, 7) is 13.5. The Kier molecular flexibility index (Phi) is 9.64. The molecule has 4 aromatic rings. The Bertz CT molecular complexity index is 1420. The van der Waals surface area contributed by atoms with Crippen molar-refractivity contribution in [2.75, 3.05) is 18.6 Å². The number of rotatable bonds is 4. The Balaban J connectivity index is 0.000000466. The number of aryl methyl sites for hydroxylation is 1. The smallest absolute Gasteiger partial charge is 0.290 e. The average Bonchev–Trinajstić information content (AvgIpc) is 3.22. The third-order valence-electron chi connectivity index (χ3n) is 6.44. The summed E-state index contributed by atoms with van der Waals surface area (Å²) in [6, 6.07) is 14.6. The van der Waals surface area contributed by atoms with Gasteiger partial charge in [-0.05, 0) is 93.6 Å². The second kappa shape index (κ2) is 12.5. The van der Waals surface area contributed by atoms with Crippen LogP contribution in [0.2, 0.25) is 5.02 Å². The number of carbonyl (C=O) groups is 1. The molecule has 1 aliphatic rings. The highest BCUT2D eigenvalue weighted by atomic mass is 35.5. The van der Waals surface area contributed by atoms with Crippen molar-refractivity contribution in [2.45, 2.75) is 60.1 Å². The molecule has 0 spiro atoms. The van der Waals surface area contributed by atoms with Gasteiger partial charge in [0.15, 0.2) is 0 Å². The summed E-state index contributed by atoms with van der Waals surface area (Å²) in [7, 11) is 1.67. The van der Waals surface area contributed by atoms with Gasteiger partial charge in [-0.1, -0.05) is 30.7 Å². The summed E-state index contributed by atoms with van der Waals surface area (Å²) in [4.78, 5) is 15.4. The largest absolute Gasteiger partial charge is 0.495 e. The lowest BCUT2D eigenvalue weighted by Gasteiger charge is -2.33. The van der Waals surface area contributed by atoms with Gasteiger partial charge in [0.2, 0.25) is 0 Å². The molecule has 2 aromatic carbocycles. The molecule has 39 heavy (non-hydrogen) atoms. The first-order valence-electron chi connectivity index (χ1n) is 12.9. The molecule has 1 aliphatic heterocycles. The summed E-state index contributed by atoms with van der Waals surface area (Å²) in [6.07, 6.45) is 2.75. The lowest BCUT2D eigenvalue weighted by Crippen LogP contribution is -2.29. The normalized spacial score (nSPS) is 12.3. The van der Waals surface area contributed by atoms with Gasteiger partial charge in [-0.15, -0.1) is 0 Å². The molecule has 0 amide bonds. The minimum absolute atomic E-state index is 0.250. The number of pyridine rings is 1. The molecule has 8 heteroatoms. The number of aromatic nitrogens is 2. The molecular formula is C31H38ClN3O4. The highest BCUT2D eigenvalue weighted by molar-refractivity contribution is 6.30. The molecule has 7 nitrogen and oxygen atoms in total. The van der Waals surface area contributed by atoms with Crippen LogP contribution in [0.4, 0.5) is 11.5 Å². The molecule has 0 radical (unpaired) electrons. The summed E-state index contributed by atoms with van der Waals surface area (Å²) in [5.74, 6) is 1.73. The van der Waals surface area contributed by atoms with Gasteiger partial charge in [0.25, 0.3) is 6.47 Å². The van der Waals surface area contributed by atoms with Crippen molar-refractivity contribution >= 4 is 40.5 Å². The molecule has 3 heterocycles. The molecule has 2 N–H and O–H groups in total. The van der Waals surface area contributed by atoms with Crippen molar-refractivity contribution in [3.8, 4) is 16.9 Å². The predicted molar refractivity (Wildman–Crippen MR) is 160 cm³/mol. The molecule has 0 bridgehead atoms. The number of ether oxygens (including phenoxy) is 1. The van der Waals surface area contributed by atoms with Gasteiger partial charge in [-0.2, -0.15) is 0 Å². The number of aliphatic hydroxyl groups is 1. The van der Waals surface area contributed by atoms with Crippen LogP contribution in [-0.2, 0) is 17.8 Å². The Morgan fingerprint density at radius 2 is 1.72 bits per heavy atom. The number of halogens is 1. The van der Waals surface area contributed by atoms with Crippen LogP contribution in [0.15, 0.2) is 48.7 Å². The van der Waals surface area contributed by atoms with E-state index in [2.05, 4.69) is 48.4 Å². The van der Waals surface area contributed by atoms with Crippen LogP contribution in [0.3, 0.4) is 0 Å². The number of carboxylic acid groups (broad SMARTS) is 1. The first-order chi connectivity index (χ1) is 18.4. The van der Waals surface area contributed by atoms with Crippen LogP contribution in [0.1, 0.15) is 44.5 Å². The maximum absolute atomic E-state index is 8.52. The third-order valence-corrected chi connectivity index (χ3v) is 6.70. The maximum atomic E-state index is 8.52. The van der Waals surface area contributed by atoms with Gasteiger partial charge < -0.3 is 24.4 Å². The number of nitrogens with zero attached hydrogens (tertiary/aromatic N) is 3. The lowest BCUT2D eigenvalue weighted by atomic mass is 9.89. The fourth-order valence-electron chi connectivity index (χ4n) is 4.99. The summed E-state index contributed by atoms with van der Waals surface area (Å²) in [5.41, 5.74) is 8.58. The number of methoxy groups -OCH3 is 1. The van der Waals surface area contributed by atoms with Crippen LogP contribution in [0, 0.1) is 13.8 Å². The van der Waals surface area contributed by atoms with Gasteiger partial charge in [0.05, 0.1) is 30.1 Å². The number of hydrogen-bond donors (Lipinski definition) is 2. The summed E-state index contributed by atoms with van der Waals surface area (Å²) in [5, 5.41) is 17.5. The van der Waals surface area contributed by atoms with Crippen LogP contribution < -0.4 is 9.64 Å². The van der Waals surface area contributed by atoms with E-state index in [-0.39, 0.29) is 6.47 Å². The molecule has 0 saturated heterocycles. The molecule has 2 aromatic heterocycles. The van der Waals surface area contributed by atoms with Crippen LogP contribution >= 0.6 is 11.6 Å². The van der Waals surface area contributed by atoms with E-state index < -0.39 is 5.60 Å². The van der Waals surface area contributed by atoms with E-state index in [0.29, 0.717) is 0 Å². The number of hydrogen-bond acceptors (Lipinski definition) is 5. The predicted octanol–water partition coefficient (Wildman–Crippen LogP) is 7.17. The molecule has 0 unspecified atom stereocenters. The fraction of sp³-hybridized carbons (Fsp3) is 0.355. The summed E-state index contributed by atoms with van der Waals surface area (Å²) >= 11 is 6.19. The van der Waals surface area contributed by atoms with Crippen LogP contribution in [0.25, 0.3) is 22.0 Å². The second-order valence-corrected chi connectivity index (χ2v) is 10.8. The standard InChI is InChI=1S/C26H26ClN3O.C4H10O.CH2O2/c1-5-21-17(3)25-26-22(24(21)18-6-8-19(27)9-7-18)14-16(2)29(26)12-13-30(25)23-11-10-20(31-4)15-28-23;1-4(2,3)5;2-1-3/h6-11,14-15H,5,12-13H2,1-4H3;5H,1-3H3;1H,(H,2,3). The minimum Gasteiger partial charge on any atom is -0.495 e. The fourth-order valence-corrected chi connectivity index (χ4v) is 5.12. The van der Waals surface area contributed by atoms with Crippen molar-refractivity contribution in [3.63, 3.8) is 0 Å². The highest BCUT2D eigenvalue weighted by Crippen LogP contribution is 2.46. The van der Waals surface area contributed by atoms with E-state index in [1.807, 2.05) is 24.3 Å². The van der Waals surface area contributed by atoms with E-state index in [1.54, 1.807) is 34.1 Å². The van der Waals surface area contributed by atoms with E-state index in [4.69, 9.17) is 36.3 Å². The maximum Gasteiger partial charge on any atom is 0.290 e.